The molecule has 1 saturated heterocycles. The van der Waals surface area contributed by atoms with Crippen LogP contribution in [0.4, 0.5) is 11.1 Å². The minimum absolute atomic E-state index is 0.0406. The van der Waals surface area contributed by atoms with Crippen LogP contribution in [0.25, 0.3) is 10.2 Å². The third-order valence-electron chi connectivity index (χ3n) is 8.12. The van der Waals surface area contributed by atoms with Gasteiger partial charge in [0.2, 0.25) is 5.95 Å². The van der Waals surface area contributed by atoms with E-state index >= 15 is 0 Å². The number of anilines is 2. The number of carbonyl (C=O) groups excluding carboxylic acids is 1. The van der Waals surface area contributed by atoms with Crippen molar-refractivity contribution >= 4 is 50.3 Å². The van der Waals surface area contributed by atoms with E-state index in [2.05, 4.69) is 27.5 Å². The number of benzene rings is 1. The predicted molar refractivity (Wildman–Crippen MR) is 145 cm³/mol. The number of likely N-dealkylation sites (tertiary alicyclic amines) is 1. The average Bonchev–Trinajstić information content (AvgIpc) is 3.60. The fourth-order valence-corrected chi connectivity index (χ4v) is 7.51. The lowest BCUT2D eigenvalue weighted by molar-refractivity contribution is 0.0749. The molecule has 2 saturated carbocycles. The lowest BCUT2D eigenvalue weighted by Crippen LogP contribution is -2.32. The van der Waals surface area contributed by atoms with Crippen molar-refractivity contribution in [2.45, 2.75) is 62.1 Å². The van der Waals surface area contributed by atoms with Gasteiger partial charge in [0.25, 0.3) is 5.91 Å². The first-order valence-electron chi connectivity index (χ1n) is 12.7. The monoisotopic (exact) mass is 524 g/mol. The van der Waals surface area contributed by atoms with Gasteiger partial charge < -0.3 is 20.6 Å². The van der Waals surface area contributed by atoms with Crippen LogP contribution in [0.3, 0.4) is 0 Å². The molecule has 0 unspecified atom stereocenters. The molecule has 3 aliphatic rings. The normalized spacial score (nSPS) is 29.6. The summed E-state index contributed by atoms with van der Waals surface area (Å²) in [5.41, 5.74) is 1.68. The number of aromatic nitrogens is 3. The molecule has 5 atom stereocenters. The van der Waals surface area contributed by atoms with Gasteiger partial charge in [-0.25, -0.2) is 15.0 Å². The molecule has 10 heteroatoms. The molecule has 36 heavy (non-hydrogen) atoms. The van der Waals surface area contributed by atoms with Crippen LogP contribution in [0.1, 0.15) is 49.4 Å². The molecule has 3 N–H and O–H groups in total. The Balaban J connectivity index is 1.08. The smallest absolute Gasteiger partial charge is 0.253 e. The molecule has 2 aromatic heterocycles. The van der Waals surface area contributed by atoms with Gasteiger partial charge in [-0.2, -0.15) is 0 Å². The highest BCUT2D eigenvalue weighted by Gasteiger charge is 2.50. The first kappa shape index (κ1) is 23.9. The highest BCUT2D eigenvalue weighted by Crippen LogP contribution is 2.48. The van der Waals surface area contributed by atoms with Gasteiger partial charge in [0.1, 0.15) is 0 Å². The predicted octanol–water partition coefficient (Wildman–Crippen LogP) is 4.49. The Kier molecular flexibility index (Phi) is 6.29. The van der Waals surface area contributed by atoms with Crippen LogP contribution in [0.15, 0.2) is 35.5 Å². The van der Waals surface area contributed by atoms with Crippen LogP contribution in [0, 0.1) is 11.3 Å². The van der Waals surface area contributed by atoms with Gasteiger partial charge in [-0.05, 0) is 67.9 Å². The number of thioether (sulfide) groups is 1. The molecular weight excluding hydrogens is 492 g/mol. The maximum absolute atomic E-state index is 13.3. The molecule has 3 fully saturated rings. The lowest BCUT2D eigenvalue weighted by Gasteiger charge is -2.23. The molecule has 190 valence electrons. The van der Waals surface area contributed by atoms with Crippen LogP contribution < -0.4 is 10.6 Å². The van der Waals surface area contributed by atoms with Gasteiger partial charge in [-0.1, -0.05) is 18.3 Å². The number of aliphatic hydroxyl groups excluding tert-OH is 1. The second-order valence-corrected chi connectivity index (χ2v) is 12.7. The van der Waals surface area contributed by atoms with Crippen molar-refractivity contribution in [3.05, 3.63) is 36.2 Å². The van der Waals surface area contributed by atoms with Crippen molar-refractivity contribution in [3.63, 3.8) is 0 Å². The Morgan fingerprint density at radius 2 is 1.97 bits per heavy atom. The molecule has 0 bridgehead atoms. The summed E-state index contributed by atoms with van der Waals surface area (Å²) in [6, 6.07) is 6.53. The van der Waals surface area contributed by atoms with Crippen LogP contribution in [0.2, 0.25) is 0 Å². The molecule has 3 heterocycles. The van der Waals surface area contributed by atoms with Gasteiger partial charge in [-0.3, -0.25) is 4.79 Å². The van der Waals surface area contributed by atoms with E-state index in [-0.39, 0.29) is 17.4 Å². The molecule has 3 aromatic rings. The summed E-state index contributed by atoms with van der Waals surface area (Å²) in [5, 5.41) is 18.0. The molecule has 8 nitrogen and oxygen atoms in total. The minimum atomic E-state index is -0.220. The molecule has 2 aliphatic carbocycles. The van der Waals surface area contributed by atoms with Crippen LogP contribution >= 0.6 is 23.1 Å². The minimum Gasteiger partial charge on any atom is -0.393 e. The number of amides is 1. The second-order valence-electron chi connectivity index (χ2n) is 10.8. The van der Waals surface area contributed by atoms with Crippen molar-refractivity contribution in [3.8, 4) is 0 Å². The largest absolute Gasteiger partial charge is 0.393 e. The van der Waals surface area contributed by atoms with Gasteiger partial charge in [0.15, 0.2) is 5.13 Å². The van der Waals surface area contributed by atoms with E-state index < -0.39 is 0 Å². The number of aliphatic hydroxyl groups is 1. The molecule has 0 spiro atoms. The highest BCUT2D eigenvalue weighted by molar-refractivity contribution is 7.98. The number of fused-ring (bicyclic) bond motifs is 2. The first-order chi connectivity index (χ1) is 17.4. The fraction of sp³-hybridized carbons (Fsp3) is 0.538. The molecule has 0 radical (unpaired) electrons. The van der Waals surface area contributed by atoms with Gasteiger partial charge in [0.05, 0.1) is 16.3 Å². The van der Waals surface area contributed by atoms with Gasteiger partial charge in [0, 0.05) is 48.0 Å². The van der Waals surface area contributed by atoms with Crippen LogP contribution in [0.5, 0.6) is 0 Å². The summed E-state index contributed by atoms with van der Waals surface area (Å²) in [4.78, 5) is 29.9. The molecule has 1 amide bonds. The van der Waals surface area contributed by atoms with E-state index in [0.717, 1.165) is 71.0 Å². The number of carbonyl (C=O) groups is 1. The number of thiazole rings is 1. The maximum atomic E-state index is 13.3. The van der Waals surface area contributed by atoms with Crippen molar-refractivity contribution < 1.29 is 9.90 Å². The topological polar surface area (TPSA) is 103 Å². The summed E-state index contributed by atoms with van der Waals surface area (Å²) in [5.74, 6) is 1.16. The molecule has 6 rings (SSSR count). The summed E-state index contributed by atoms with van der Waals surface area (Å²) < 4.78 is 1.03. The zero-order chi connectivity index (χ0) is 24.9. The Hall–Kier alpha value is -2.43. The van der Waals surface area contributed by atoms with E-state index in [1.807, 2.05) is 41.7 Å². The highest BCUT2D eigenvalue weighted by atomic mass is 32.2. The first-order valence-corrected chi connectivity index (χ1v) is 14.7. The number of hydrogen-bond donors (Lipinski definition) is 3. The van der Waals surface area contributed by atoms with Gasteiger partial charge >= 0.3 is 0 Å². The number of nitrogens with one attached hydrogen (secondary N) is 2. The average molecular weight is 525 g/mol. The van der Waals surface area contributed by atoms with Crippen molar-refractivity contribution in [2.24, 2.45) is 11.3 Å². The van der Waals surface area contributed by atoms with E-state index in [0.29, 0.717) is 23.9 Å². The van der Waals surface area contributed by atoms with Crippen molar-refractivity contribution in [2.75, 3.05) is 30.0 Å². The summed E-state index contributed by atoms with van der Waals surface area (Å²) in [7, 11) is 0. The zero-order valence-electron chi connectivity index (χ0n) is 20.6. The van der Waals surface area contributed by atoms with Crippen molar-refractivity contribution in [1.82, 2.24) is 19.9 Å². The Morgan fingerprint density at radius 1 is 1.19 bits per heavy atom. The summed E-state index contributed by atoms with van der Waals surface area (Å²) in [6.07, 6.45) is 10.2. The number of nitrogens with zero attached hydrogens (tertiary/aromatic N) is 4. The third kappa shape index (κ3) is 4.66. The van der Waals surface area contributed by atoms with E-state index in [1.54, 1.807) is 23.1 Å². The summed E-state index contributed by atoms with van der Waals surface area (Å²) in [6.45, 7) is 3.68. The summed E-state index contributed by atoms with van der Waals surface area (Å²) >= 11 is 3.25. The molecule has 1 aromatic carbocycles. The van der Waals surface area contributed by atoms with Crippen LogP contribution in [-0.4, -0.2) is 68.4 Å². The number of rotatable bonds is 6. The lowest BCUT2D eigenvalue weighted by atomic mass is 9.83. The Morgan fingerprint density at radius 3 is 2.72 bits per heavy atom. The van der Waals surface area contributed by atoms with E-state index in [1.165, 1.54) is 0 Å². The van der Waals surface area contributed by atoms with Crippen LogP contribution in [-0.2, 0) is 0 Å². The second kappa shape index (κ2) is 9.46. The van der Waals surface area contributed by atoms with Gasteiger partial charge in [-0.15, -0.1) is 11.8 Å². The third-order valence-corrected chi connectivity index (χ3v) is 9.75. The quantitative estimate of drug-likeness (QED) is 0.406. The number of hydrogen-bond acceptors (Lipinski definition) is 9. The maximum Gasteiger partial charge on any atom is 0.253 e. The molecular formula is C26H32N6O2S2. The Bertz CT molecular complexity index is 1270. The zero-order valence-corrected chi connectivity index (χ0v) is 22.2. The standard InChI is InChI=1S/C26H32N6O2S2/c1-26-10-19(33)8-16(26)13-32(14-26)23(34)15-3-6-21-22(7-15)36-25(31-21)30-18-5-4-17(9-18)29-24-27-11-20(35-2)12-28-24/h3,6-7,11-12,16-19,33H,4-5,8-10,13-14H2,1-2H3,(H,30,31)(H,27,28,29)/t16-,17-,18-,19-,26+/m0/s1. The Labute approximate surface area is 219 Å². The van der Waals surface area contributed by atoms with Crippen molar-refractivity contribution in [1.29, 1.82) is 0 Å². The molecule has 1 aliphatic heterocycles. The fourth-order valence-electron chi connectivity index (χ4n) is 6.21. The van der Waals surface area contributed by atoms with E-state index in [4.69, 9.17) is 4.98 Å². The van der Waals surface area contributed by atoms with E-state index in [9.17, 15) is 9.90 Å². The SMILES string of the molecule is CSc1cnc(N[C@H]2CC[C@H](Nc3nc4ccc(C(=O)N5C[C@@H]6C[C@H](O)C[C@]6(C)C5)cc4s3)C2)nc1.